The minimum atomic E-state index is -1.54. The van der Waals surface area contributed by atoms with Crippen molar-refractivity contribution in [3.05, 3.63) is 0 Å². The maximum absolute atomic E-state index is 13.2. The lowest BCUT2D eigenvalue weighted by atomic mass is 10.0. The zero-order valence-electron chi connectivity index (χ0n) is 24.9. The molecule has 44 heavy (non-hydrogen) atoms. The van der Waals surface area contributed by atoms with E-state index >= 15 is 0 Å². The summed E-state index contributed by atoms with van der Waals surface area (Å²) in [6.45, 7) is -1.06. The fourth-order valence-electron chi connectivity index (χ4n) is 3.69. The van der Waals surface area contributed by atoms with Crippen LogP contribution in [-0.4, -0.2) is 115 Å². The normalized spacial score (nSPS) is 13.4. The summed E-state index contributed by atoms with van der Waals surface area (Å²) in [7, 11) is 0. The molecule has 0 bridgehead atoms. The first kappa shape index (κ1) is 39.9. The van der Waals surface area contributed by atoms with Gasteiger partial charge < -0.3 is 65.5 Å². The molecule has 0 heterocycles. The minimum absolute atomic E-state index is 0.0676. The predicted molar refractivity (Wildman–Crippen MR) is 160 cm³/mol. The van der Waals surface area contributed by atoms with Crippen LogP contribution >= 0.6 is 0 Å². The second-order valence-corrected chi connectivity index (χ2v) is 9.88. The van der Waals surface area contributed by atoms with Gasteiger partial charge in [-0.3, -0.25) is 29.0 Å². The number of hydrogen-bond acceptors (Lipinski definition) is 11. The van der Waals surface area contributed by atoms with E-state index in [1.807, 2.05) is 5.32 Å². The monoisotopic (exact) mass is 631 g/mol. The standard InChI is InChI=1S/C25H49N11O8/c26-9-3-1-6-15(28)21(40)35-17(7-2-4-10-27)23(42)36-16(8-5-11-31-25(29)30)22(41)33-12-19(38)32-13-20(39)34-18(14-37)24(43)44/h15-18,37H,1-14,26-28H2,(H,32,38)(H,33,41)(H,34,39)(H,35,40)(H,36,42)(H,43,44)(H4,29,30,31). The molecule has 0 saturated heterocycles. The van der Waals surface area contributed by atoms with Crippen LogP contribution in [0, 0.1) is 0 Å². The van der Waals surface area contributed by atoms with Crippen LogP contribution in [0.25, 0.3) is 0 Å². The largest absolute Gasteiger partial charge is 0.480 e. The number of unbranched alkanes of at least 4 members (excludes halogenated alkanes) is 2. The lowest BCUT2D eigenvalue weighted by Gasteiger charge is -2.24. The molecule has 0 aromatic heterocycles. The number of carboxylic acids is 1. The third-order valence-electron chi connectivity index (χ3n) is 6.15. The molecule has 17 N–H and O–H groups in total. The molecule has 0 aliphatic heterocycles. The van der Waals surface area contributed by atoms with E-state index in [1.165, 1.54) is 0 Å². The van der Waals surface area contributed by atoms with Gasteiger partial charge in [0.1, 0.15) is 18.1 Å². The maximum atomic E-state index is 13.2. The smallest absolute Gasteiger partial charge is 0.328 e. The van der Waals surface area contributed by atoms with Crippen LogP contribution < -0.4 is 55.3 Å². The number of carbonyl (C=O) groups excluding carboxylic acids is 5. The number of nitrogens with one attached hydrogen (secondary N) is 5. The van der Waals surface area contributed by atoms with Crippen molar-refractivity contribution in [1.82, 2.24) is 26.6 Å². The SMILES string of the molecule is NCCCCC(N)C(=O)NC(CCCCN)C(=O)NC(CCCN=C(N)N)C(=O)NCC(=O)NCC(=O)NC(CO)C(=O)O. The van der Waals surface area contributed by atoms with Gasteiger partial charge >= 0.3 is 5.97 Å². The molecule has 0 aliphatic carbocycles. The Morgan fingerprint density at radius 2 is 1.20 bits per heavy atom. The summed E-state index contributed by atoms with van der Waals surface area (Å²) in [5.41, 5.74) is 27.7. The number of amides is 5. The second kappa shape index (κ2) is 23.4. The lowest BCUT2D eigenvalue weighted by Crippen LogP contribution is -2.56. The number of rotatable bonds is 24. The molecule has 4 atom stereocenters. The third kappa shape index (κ3) is 18.5. The molecule has 0 aliphatic rings. The summed E-state index contributed by atoms with van der Waals surface area (Å²) in [6, 6.07) is -4.57. The first-order valence-electron chi connectivity index (χ1n) is 14.3. The average molecular weight is 632 g/mol. The Hall–Kier alpha value is -4.07. The number of nitrogens with two attached hydrogens (primary N) is 5. The highest BCUT2D eigenvalue weighted by atomic mass is 16.4. The van der Waals surface area contributed by atoms with Crippen molar-refractivity contribution in [2.24, 2.45) is 33.7 Å². The summed E-state index contributed by atoms with van der Waals surface area (Å²) in [6.07, 6.45) is 3.38. The number of aliphatic carboxylic acids is 1. The molecule has 0 rings (SSSR count). The predicted octanol–water partition coefficient (Wildman–Crippen LogP) is -5.61. The van der Waals surface area contributed by atoms with Gasteiger partial charge in [-0.2, -0.15) is 0 Å². The van der Waals surface area contributed by atoms with Crippen LogP contribution in [0.15, 0.2) is 4.99 Å². The highest BCUT2D eigenvalue weighted by Crippen LogP contribution is 2.06. The van der Waals surface area contributed by atoms with Crippen molar-refractivity contribution in [3.8, 4) is 0 Å². The third-order valence-corrected chi connectivity index (χ3v) is 6.15. The van der Waals surface area contributed by atoms with E-state index in [2.05, 4.69) is 26.3 Å². The molecule has 4 unspecified atom stereocenters. The highest BCUT2D eigenvalue weighted by Gasteiger charge is 2.28. The minimum Gasteiger partial charge on any atom is -0.480 e. The van der Waals surface area contributed by atoms with Crippen LogP contribution in [-0.2, 0) is 28.8 Å². The molecule has 0 aromatic rings. The molecular weight excluding hydrogens is 582 g/mol. The number of guanidine groups is 1. The van der Waals surface area contributed by atoms with Gasteiger partial charge in [0.05, 0.1) is 25.7 Å². The van der Waals surface area contributed by atoms with Crippen molar-refractivity contribution in [2.75, 3.05) is 39.3 Å². The van der Waals surface area contributed by atoms with Crippen LogP contribution in [0.5, 0.6) is 0 Å². The van der Waals surface area contributed by atoms with Gasteiger partial charge in [-0.25, -0.2) is 4.79 Å². The van der Waals surface area contributed by atoms with Gasteiger partial charge in [-0.05, 0) is 58.0 Å². The fraction of sp³-hybridized carbons (Fsp3) is 0.720. The van der Waals surface area contributed by atoms with Gasteiger partial charge in [-0.1, -0.05) is 6.42 Å². The van der Waals surface area contributed by atoms with Crippen molar-refractivity contribution >= 4 is 41.5 Å². The van der Waals surface area contributed by atoms with Crippen LogP contribution in [0.3, 0.4) is 0 Å². The molecule has 0 spiro atoms. The van der Waals surface area contributed by atoms with Gasteiger partial charge in [-0.15, -0.1) is 0 Å². The molecule has 252 valence electrons. The zero-order chi connectivity index (χ0) is 33.5. The topological polar surface area (TPSA) is 345 Å². The Morgan fingerprint density at radius 1 is 0.659 bits per heavy atom. The van der Waals surface area contributed by atoms with E-state index < -0.39 is 79.4 Å². The van der Waals surface area contributed by atoms with Gasteiger partial charge in [0.15, 0.2) is 5.96 Å². The molecule has 5 amide bonds. The first-order valence-corrected chi connectivity index (χ1v) is 14.3. The van der Waals surface area contributed by atoms with E-state index in [0.717, 1.165) is 0 Å². The first-order chi connectivity index (χ1) is 20.9. The Kier molecular flexibility index (Phi) is 21.2. The Morgan fingerprint density at radius 3 is 1.77 bits per heavy atom. The molecule has 0 radical (unpaired) electrons. The summed E-state index contributed by atoms with van der Waals surface area (Å²) < 4.78 is 0. The Labute approximate surface area is 255 Å². The molecule has 0 saturated carbocycles. The summed E-state index contributed by atoms with van der Waals surface area (Å²) in [5.74, 6) is -5.20. The van der Waals surface area contributed by atoms with E-state index in [0.29, 0.717) is 45.2 Å². The Balaban J connectivity index is 5.37. The highest BCUT2D eigenvalue weighted by molar-refractivity contribution is 5.94. The number of carbonyl (C=O) groups is 6. The van der Waals surface area contributed by atoms with Crippen LogP contribution in [0.1, 0.15) is 51.4 Å². The Bertz CT molecular complexity index is 962. The molecular formula is C25H49N11O8. The number of nitrogens with zero attached hydrogens (tertiary/aromatic N) is 1. The van der Waals surface area contributed by atoms with Gasteiger partial charge in [0.2, 0.25) is 29.5 Å². The summed E-state index contributed by atoms with van der Waals surface area (Å²) in [4.78, 5) is 77.6. The molecule has 19 heteroatoms. The van der Waals surface area contributed by atoms with E-state index in [4.69, 9.17) is 38.9 Å². The average Bonchev–Trinajstić information content (AvgIpc) is 2.98. The van der Waals surface area contributed by atoms with Crippen molar-refractivity contribution in [1.29, 1.82) is 0 Å². The molecule has 19 nitrogen and oxygen atoms in total. The van der Waals surface area contributed by atoms with Crippen molar-refractivity contribution in [2.45, 2.75) is 75.5 Å². The number of carboxylic acid groups (broad SMARTS) is 1. The zero-order valence-corrected chi connectivity index (χ0v) is 24.9. The summed E-state index contributed by atoms with van der Waals surface area (Å²) in [5, 5.41) is 29.6. The van der Waals surface area contributed by atoms with Crippen molar-refractivity contribution in [3.63, 3.8) is 0 Å². The number of hydrogen-bond donors (Lipinski definition) is 12. The molecule has 0 aromatic carbocycles. The van der Waals surface area contributed by atoms with E-state index in [9.17, 15) is 28.8 Å². The quantitative estimate of drug-likeness (QED) is 0.0269. The number of aliphatic hydroxyl groups excluding tert-OH is 1. The number of aliphatic imine (C=N–C) groups is 1. The maximum Gasteiger partial charge on any atom is 0.328 e. The van der Waals surface area contributed by atoms with E-state index in [1.54, 1.807) is 0 Å². The fourth-order valence-corrected chi connectivity index (χ4v) is 3.69. The van der Waals surface area contributed by atoms with Crippen molar-refractivity contribution < 1.29 is 39.0 Å². The van der Waals surface area contributed by atoms with Crippen LogP contribution in [0.2, 0.25) is 0 Å². The van der Waals surface area contributed by atoms with Gasteiger partial charge in [0.25, 0.3) is 0 Å². The van der Waals surface area contributed by atoms with E-state index in [-0.39, 0.29) is 31.8 Å². The second-order valence-electron chi connectivity index (χ2n) is 9.88. The number of aliphatic hydroxyl groups is 1. The summed E-state index contributed by atoms with van der Waals surface area (Å²) >= 11 is 0. The van der Waals surface area contributed by atoms with Crippen LogP contribution in [0.4, 0.5) is 0 Å². The lowest BCUT2D eigenvalue weighted by molar-refractivity contribution is -0.142. The van der Waals surface area contributed by atoms with Gasteiger partial charge in [0, 0.05) is 6.54 Å². The molecule has 0 fully saturated rings.